The second-order valence-electron chi connectivity index (χ2n) is 6.17. The van der Waals surface area contributed by atoms with E-state index in [-0.39, 0.29) is 31.0 Å². The van der Waals surface area contributed by atoms with Crippen LogP contribution < -0.4 is 5.32 Å². The molecule has 0 aliphatic carbocycles. The summed E-state index contributed by atoms with van der Waals surface area (Å²) in [6.45, 7) is 3.84. The summed E-state index contributed by atoms with van der Waals surface area (Å²) < 4.78 is 4.71. The Labute approximate surface area is 167 Å². The van der Waals surface area contributed by atoms with Crippen molar-refractivity contribution in [2.75, 3.05) is 7.11 Å². The maximum Gasteiger partial charge on any atom is 0.307 e. The molecule has 0 radical (unpaired) electrons. The van der Waals surface area contributed by atoms with Crippen molar-refractivity contribution >= 4 is 40.6 Å². The van der Waals surface area contributed by atoms with Gasteiger partial charge in [-0.05, 0) is 31.5 Å². The summed E-state index contributed by atoms with van der Waals surface area (Å²) in [4.78, 5) is 38.5. The lowest BCUT2D eigenvalue weighted by molar-refractivity contribution is -0.141. The van der Waals surface area contributed by atoms with Crippen LogP contribution in [0.1, 0.15) is 51.0 Å². The van der Waals surface area contributed by atoms with E-state index in [1.807, 2.05) is 19.9 Å². The van der Waals surface area contributed by atoms with Crippen LogP contribution in [-0.2, 0) is 14.3 Å². The molecule has 7 heteroatoms. The first-order valence-corrected chi connectivity index (χ1v) is 9.72. The molecule has 0 aliphatic rings. The number of ether oxygens (including phenoxy) is 1. The lowest BCUT2D eigenvalue weighted by Crippen LogP contribution is -2.31. The van der Waals surface area contributed by atoms with Crippen LogP contribution >= 0.6 is 22.9 Å². The van der Waals surface area contributed by atoms with Crippen LogP contribution in [0.15, 0.2) is 30.3 Å². The molecule has 1 heterocycles. The molecule has 144 valence electrons. The minimum Gasteiger partial charge on any atom is -0.469 e. The highest BCUT2D eigenvalue weighted by Gasteiger charge is 2.22. The highest BCUT2D eigenvalue weighted by molar-refractivity contribution is 7.12. The van der Waals surface area contributed by atoms with Gasteiger partial charge in [0, 0.05) is 33.2 Å². The number of hydrogen-bond acceptors (Lipinski definition) is 5. The summed E-state index contributed by atoms with van der Waals surface area (Å²) in [6.07, 6.45) is 0.106. The molecule has 2 aromatic rings. The van der Waals surface area contributed by atoms with E-state index in [4.69, 9.17) is 16.3 Å². The van der Waals surface area contributed by atoms with E-state index in [9.17, 15) is 14.4 Å². The summed E-state index contributed by atoms with van der Waals surface area (Å²) >= 11 is 7.76. The Morgan fingerprint density at radius 3 is 2.48 bits per heavy atom. The Morgan fingerprint density at radius 2 is 1.89 bits per heavy atom. The van der Waals surface area contributed by atoms with Crippen LogP contribution in [0.2, 0.25) is 5.02 Å². The van der Waals surface area contributed by atoms with Gasteiger partial charge in [0.1, 0.15) is 0 Å². The fourth-order valence-electron chi connectivity index (χ4n) is 2.78. The molecule has 0 fully saturated rings. The average Bonchev–Trinajstić information content (AvgIpc) is 2.97. The van der Waals surface area contributed by atoms with Gasteiger partial charge in [-0.15, -0.1) is 11.3 Å². The highest BCUT2D eigenvalue weighted by Crippen LogP contribution is 2.26. The summed E-state index contributed by atoms with van der Waals surface area (Å²) in [5.74, 6) is -0.836. The number of esters is 1. The summed E-state index contributed by atoms with van der Waals surface area (Å²) in [5.41, 5.74) is 1.30. The van der Waals surface area contributed by atoms with Gasteiger partial charge in [-0.2, -0.15) is 0 Å². The van der Waals surface area contributed by atoms with E-state index < -0.39 is 12.0 Å². The fourth-order valence-corrected chi connectivity index (χ4v) is 3.99. The van der Waals surface area contributed by atoms with Gasteiger partial charge in [-0.3, -0.25) is 14.4 Å². The number of methoxy groups -OCH3 is 1. The molecule has 0 saturated carbocycles. The van der Waals surface area contributed by atoms with Gasteiger partial charge in [0.15, 0.2) is 5.78 Å². The molecule has 0 saturated heterocycles. The van der Waals surface area contributed by atoms with E-state index >= 15 is 0 Å². The second-order valence-corrected chi connectivity index (χ2v) is 8.04. The zero-order chi connectivity index (χ0) is 20.0. The van der Waals surface area contributed by atoms with Crippen molar-refractivity contribution in [3.8, 4) is 0 Å². The van der Waals surface area contributed by atoms with Crippen LogP contribution in [0.4, 0.5) is 0 Å². The van der Waals surface area contributed by atoms with E-state index in [1.165, 1.54) is 7.11 Å². The number of ketones is 1. The van der Waals surface area contributed by atoms with Gasteiger partial charge < -0.3 is 10.1 Å². The van der Waals surface area contributed by atoms with E-state index in [2.05, 4.69) is 5.32 Å². The Hall–Kier alpha value is -2.18. The zero-order valence-corrected chi connectivity index (χ0v) is 17.1. The normalized spacial score (nSPS) is 11.7. The monoisotopic (exact) mass is 407 g/mol. The average molecular weight is 408 g/mol. The number of Topliss-reactive ketones (excluding diaryl/α,β-unsaturated/α-hetero) is 1. The molecule has 2 rings (SSSR count). The van der Waals surface area contributed by atoms with Gasteiger partial charge in [0.2, 0.25) is 5.91 Å². The molecule has 5 nitrogen and oxygen atoms in total. The van der Waals surface area contributed by atoms with E-state index in [0.29, 0.717) is 16.1 Å². The number of rotatable bonds is 8. The minimum atomic E-state index is -0.612. The van der Waals surface area contributed by atoms with Gasteiger partial charge in [0.25, 0.3) is 0 Å². The van der Waals surface area contributed by atoms with Crippen LogP contribution in [0, 0.1) is 13.8 Å². The molecule has 0 spiro atoms. The molecule has 1 amide bonds. The van der Waals surface area contributed by atoms with Gasteiger partial charge >= 0.3 is 5.97 Å². The first kappa shape index (κ1) is 21.1. The molecule has 0 bridgehead atoms. The largest absolute Gasteiger partial charge is 0.469 e. The number of carbonyl (C=O) groups is 3. The van der Waals surface area contributed by atoms with Crippen LogP contribution in [0.5, 0.6) is 0 Å². The van der Waals surface area contributed by atoms with Gasteiger partial charge in [-0.25, -0.2) is 0 Å². The SMILES string of the molecule is COC(=O)C[C@H](NC(=O)CCC(=O)c1cc(C)sc1C)c1ccccc1Cl. The van der Waals surface area contributed by atoms with Gasteiger partial charge in [-0.1, -0.05) is 29.8 Å². The molecule has 1 atom stereocenters. The third-order valence-corrected chi connectivity index (χ3v) is 5.44. The standard InChI is InChI=1S/C20H22ClNO4S/c1-12-10-15(13(2)27-12)18(23)8-9-19(24)22-17(11-20(25)26-3)14-6-4-5-7-16(14)21/h4-7,10,17H,8-9,11H2,1-3H3,(H,22,24)/t17-/m0/s1. The third kappa shape index (κ3) is 5.91. The van der Waals surface area contributed by atoms with Crippen molar-refractivity contribution < 1.29 is 19.1 Å². The Morgan fingerprint density at radius 1 is 1.19 bits per heavy atom. The Bertz CT molecular complexity index is 846. The number of thiophene rings is 1. The van der Waals surface area contributed by atoms with Crippen LogP contribution in [-0.4, -0.2) is 24.8 Å². The van der Waals surface area contributed by atoms with Crippen molar-refractivity contribution in [2.45, 2.75) is 39.2 Å². The first-order valence-electron chi connectivity index (χ1n) is 8.52. The van der Waals surface area contributed by atoms with Crippen molar-refractivity contribution in [1.29, 1.82) is 0 Å². The smallest absolute Gasteiger partial charge is 0.307 e. The number of hydrogen-bond donors (Lipinski definition) is 1. The number of amides is 1. The molecule has 0 unspecified atom stereocenters. The first-order chi connectivity index (χ1) is 12.8. The number of nitrogens with one attached hydrogen (secondary N) is 1. The summed E-state index contributed by atoms with van der Waals surface area (Å²) in [7, 11) is 1.29. The highest BCUT2D eigenvalue weighted by atomic mass is 35.5. The predicted molar refractivity (Wildman–Crippen MR) is 106 cm³/mol. The van der Waals surface area contributed by atoms with Crippen molar-refractivity contribution in [2.24, 2.45) is 0 Å². The molecular weight excluding hydrogens is 386 g/mol. The Kier molecular flexibility index (Phi) is 7.56. The minimum absolute atomic E-state index is 0.0370. The number of carbonyl (C=O) groups excluding carboxylic acids is 3. The molecule has 1 aromatic heterocycles. The second kappa shape index (κ2) is 9.67. The quantitative estimate of drug-likeness (QED) is 0.520. The number of aryl methyl sites for hydroxylation is 2. The zero-order valence-electron chi connectivity index (χ0n) is 15.5. The van der Waals surface area contributed by atoms with E-state index in [1.54, 1.807) is 35.6 Å². The summed E-state index contributed by atoms with van der Waals surface area (Å²) in [5, 5.41) is 3.24. The molecule has 1 N–H and O–H groups in total. The maximum atomic E-state index is 12.4. The van der Waals surface area contributed by atoms with Gasteiger partial charge in [0.05, 0.1) is 19.6 Å². The Balaban J connectivity index is 2.03. The fraction of sp³-hybridized carbons (Fsp3) is 0.350. The number of benzene rings is 1. The van der Waals surface area contributed by atoms with E-state index in [0.717, 1.165) is 9.75 Å². The van der Waals surface area contributed by atoms with Crippen molar-refractivity contribution in [3.63, 3.8) is 0 Å². The van der Waals surface area contributed by atoms with Crippen LogP contribution in [0.3, 0.4) is 0 Å². The third-order valence-electron chi connectivity index (χ3n) is 4.13. The lowest BCUT2D eigenvalue weighted by atomic mass is 10.0. The lowest BCUT2D eigenvalue weighted by Gasteiger charge is -2.19. The van der Waals surface area contributed by atoms with Crippen LogP contribution in [0.25, 0.3) is 0 Å². The molecule has 27 heavy (non-hydrogen) atoms. The topological polar surface area (TPSA) is 72.5 Å². The van der Waals surface area contributed by atoms with Crippen molar-refractivity contribution in [3.05, 3.63) is 56.2 Å². The molecule has 0 aliphatic heterocycles. The van der Waals surface area contributed by atoms with Crippen molar-refractivity contribution in [1.82, 2.24) is 5.32 Å². The molecule has 1 aromatic carbocycles. The predicted octanol–water partition coefficient (Wildman–Crippen LogP) is 4.40. The number of halogens is 1. The maximum absolute atomic E-state index is 12.4. The molecular formula is C20H22ClNO4S. The summed E-state index contributed by atoms with van der Waals surface area (Å²) in [6, 6.07) is 8.23.